The van der Waals surface area contributed by atoms with Crippen LogP contribution < -0.4 is 5.19 Å². The van der Waals surface area contributed by atoms with E-state index >= 15 is 0 Å². The molecule has 0 amide bonds. The summed E-state index contributed by atoms with van der Waals surface area (Å²) in [6, 6.07) is 8.98. The first-order chi connectivity index (χ1) is 9.18. The van der Waals surface area contributed by atoms with Crippen LogP contribution in [0.1, 0.15) is 40.0 Å². The van der Waals surface area contributed by atoms with E-state index in [4.69, 9.17) is 20.5 Å². The van der Waals surface area contributed by atoms with Crippen LogP contribution in [-0.4, -0.2) is 21.8 Å². The lowest BCUT2D eigenvalue weighted by molar-refractivity contribution is 0.179. The lowest BCUT2D eigenvalue weighted by atomic mass is 10.4. The summed E-state index contributed by atoms with van der Waals surface area (Å²) in [6.07, 6.45) is 3.10. The van der Waals surface area contributed by atoms with Crippen LogP contribution >= 0.6 is 11.6 Å². The first-order valence-electron chi connectivity index (χ1n) is 7.22. The molecule has 0 spiro atoms. The SMILES string of the molecule is CCCO[Si](CCC)(OCCC)c1ccc(Cl)cc1. The molecule has 0 aliphatic heterocycles. The largest absolute Gasteiger partial charge is 0.391 e. The average molecular weight is 301 g/mol. The monoisotopic (exact) mass is 300 g/mol. The van der Waals surface area contributed by atoms with Crippen LogP contribution in [0.5, 0.6) is 0 Å². The molecule has 0 aliphatic carbocycles. The van der Waals surface area contributed by atoms with Crippen LogP contribution in [-0.2, 0) is 8.85 Å². The summed E-state index contributed by atoms with van der Waals surface area (Å²) in [5.41, 5.74) is 0. The van der Waals surface area contributed by atoms with Crippen LogP contribution in [0.3, 0.4) is 0 Å². The highest BCUT2D eigenvalue weighted by Gasteiger charge is 2.38. The molecule has 2 nitrogen and oxygen atoms in total. The lowest BCUT2D eigenvalue weighted by Crippen LogP contribution is -2.54. The van der Waals surface area contributed by atoms with Gasteiger partial charge in [0.1, 0.15) is 0 Å². The molecule has 0 unspecified atom stereocenters. The molecule has 108 valence electrons. The molecule has 0 saturated heterocycles. The summed E-state index contributed by atoms with van der Waals surface area (Å²) in [4.78, 5) is 0. The van der Waals surface area contributed by atoms with Gasteiger partial charge in [-0.15, -0.1) is 0 Å². The molecule has 0 aromatic heterocycles. The van der Waals surface area contributed by atoms with Crippen molar-refractivity contribution < 1.29 is 8.85 Å². The number of benzene rings is 1. The predicted molar refractivity (Wildman–Crippen MR) is 84.4 cm³/mol. The molecular formula is C15H25ClO2Si. The van der Waals surface area contributed by atoms with E-state index < -0.39 is 8.56 Å². The van der Waals surface area contributed by atoms with Gasteiger partial charge in [0.15, 0.2) is 0 Å². The summed E-state index contributed by atoms with van der Waals surface area (Å²) in [5.74, 6) is 0. The molecule has 1 aromatic rings. The van der Waals surface area contributed by atoms with Gasteiger partial charge in [-0.25, -0.2) is 0 Å². The fourth-order valence-corrected chi connectivity index (χ4v) is 5.58. The molecular weight excluding hydrogens is 276 g/mol. The van der Waals surface area contributed by atoms with Crippen molar-refractivity contribution >= 4 is 25.3 Å². The Balaban J connectivity index is 3.00. The highest BCUT2D eigenvalue weighted by molar-refractivity contribution is 6.81. The van der Waals surface area contributed by atoms with Crippen molar-refractivity contribution in [2.75, 3.05) is 13.2 Å². The molecule has 0 saturated carbocycles. The van der Waals surface area contributed by atoms with E-state index in [-0.39, 0.29) is 0 Å². The minimum atomic E-state index is -2.30. The van der Waals surface area contributed by atoms with Gasteiger partial charge in [0.2, 0.25) is 0 Å². The Hall–Kier alpha value is -0.353. The Morgan fingerprint density at radius 3 is 1.84 bits per heavy atom. The van der Waals surface area contributed by atoms with Crippen LogP contribution in [0.2, 0.25) is 11.1 Å². The third-order valence-corrected chi connectivity index (χ3v) is 6.91. The van der Waals surface area contributed by atoms with Crippen molar-refractivity contribution in [3.05, 3.63) is 29.3 Å². The topological polar surface area (TPSA) is 18.5 Å². The molecule has 0 radical (unpaired) electrons. The van der Waals surface area contributed by atoms with Crippen molar-refractivity contribution in [2.45, 2.75) is 46.1 Å². The second-order valence-electron chi connectivity index (χ2n) is 4.71. The smallest absolute Gasteiger partial charge is 0.372 e. The van der Waals surface area contributed by atoms with E-state index in [1.54, 1.807) is 0 Å². The van der Waals surface area contributed by atoms with Crippen molar-refractivity contribution in [1.82, 2.24) is 0 Å². The normalized spacial score (nSPS) is 11.8. The quantitative estimate of drug-likeness (QED) is 0.635. The molecule has 4 heteroatoms. The zero-order valence-electron chi connectivity index (χ0n) is 12.2. The summed E-state index contributed by atoms with van der Waals surface area (Å²) in [6.45, 7) is 7.97. The maximum atomic E-state index is 6.22. The fourth-order valence-electron chi connectivity index (χ4n) is 2.06. The van der Waals surface area contributed by atoms with Crippen LogP contribution in [0.15, 0.2) is 24.3 Å². The molecule has 19 heavy (non-hydrogen) atoms. The van der Waals surface area contributed by atoms with Crippen molar-refractivity contribution in [3.8, 4) is 0 Å². The third-order valence-electron chi connectivity index (χ3n) is 2.94. The molecule has 0 bridgehead atoms. The van der Waals surface area contributed by atoms with E-state index in [1.165, 1.54) is 5.19 Å². The Bertz CT molecular complexity index is 346. The molecule has 1 aromatic carbocycles. The summed E-state index contributed by atoms with van der Waals surface area (Å²) in [5, 5.41) is 1.95. The minimum absolute atomic E-state index is 0.758. The Morgan fingerprint density at radius 1 is 0.895 bits per heavy atom. The van der Waals surface area contributed by atoms with E-state index in [9.17, 15) is 0 Å². The Kier molecular flexibility index (Phi) is 7.69. The Morgan fingerprint density at radius 2 is 1.42 bits per heavy atom. The van der Waals surface area contributed by atoms with E-state index in [0.29, 0.717) is 0 Å². The summed E-state index contributed by atoms with van der Waals surface area (Å²) >= 11 is 5.98. The second-order valence-corrected chi connectivity index (χ2v) is 8.30. The zero-order chi connectivity index (χ0) is 14.1. The molecule has 0 N–H and O–H groups in total. The third kappa shape index (κ3) is 4.92. The molecule has 0 aliphatic rings. The van der Waals surface area contributed by atoms with Crippen molar-refractivity contribution in [3.63, 3.8) is 0 Å². The number of hydrogen-bond donors (Lipinski definition) is 0. The standard InChI is InChI=1S/C15H25ClO2Si/c1-4-11-17-19(13-6-3,18-12-5-2)15-9-7-14(16)8-10-15/h7-10H,4-6,11-13H2,1-3H3. The maximum absolute atomic E-state index is 6.22. The predicted octanol–water partition coefficient (Wildman–Crippen LogP) is 4.25. The highest BCUT2D eigenvalue weighted by atomic mass is 35.5. The van der Waals surface area contributed by atoms with E-state index in [1.807, 2.05) is 12.1 Å². The van der Waals surface area contributed by atoms with Gasteiger partial charge in [-0.05, 0) is 36.2 Å². The maximum Gasteiger partial charge on any atom is 0.372 e. The van der Waals surface area contributed by atoms with Crippen LogP contribution in [0.25, 0.3) is 0 Å². The van der Waals surface area contributed by atoms with Gasteiger partial charge in [-0.2, -0.15) is 0 Å². The van der Waals surface area contributed by atoms with Crippen LogP contribution in [0, 0.1) is 0 Å². The number of rotatable bonds is 9. The van der Waals surface area contributed by atoms with Crippen molar-refractivity contribution in [2.24, 2.45) is 0 Å². The van der Waals surface area contributed by atoms with Gasteiger partial charge in [-0.3, -0.25) is 0 Å². The first kappa shape index (κ1) is 16.7. The van der Waals surface area contributed by atoms with Gasteiger partial charge in [-0.1, -0.05) is 50.9 Å². The minimum Gasteiger partial charge on any atom is -0.391 e. The lowest BCUT2D eigenvalue weighted by Gasteiger charge is -2.31. The first-order valence-corrected chi connectivity index (χ1v) is 9.62. The van der Waals surface area contributed by atoms with Gasteiger partial charge >= 0.3 is 8.56 Å². The van der Waals surface area contributed by atoms with Gasteiger partial charge in [0.05, 0.1) is 0 Å². The summed E-state index contributed by atoms with van der Waals surface area (Å²) < 4.78 is 12.4. The second kappa shape index (κ2) is 8.75. The zero-order valence-corrected chi connectivity index (χ0v) is 14.0. The van der Waals surface area contributed by atoms with Gasteiger partial charge in [0, 0.05) is 18.2 Å². The van der Waals surface area contributed by atoms with Crippen molar-refractivity contribution in [1.29, 1.82) is 0 Å². The van der Waals surface area contributed by atoms with E-state index in [0.717, 1.165) is 43.5 Å². The highest BCUT2D eigenvalue weighted by Crippen LogP contribution is 2.18. The average Bonchev–Trinajstić information content (AvgIpc) is 2.43. The number of halogens is 1. The van der Waals surface area contributed by atoms with Gasteiger partial charge < -0.3 is 8.85 Å². The Labute approximate surface area is 123 Å². The fraction of sp³-hybridized carbons (Fsp3) is 0.600. The number of hydrogen-bond acceptors (Lipinski definition) is 2. The molecule has 0 atom stereocenters. The summed E-state index contributed by atoms with van der Waals surface area (Å²) in [7, 11) is -2.30. The molecule has 0 fully saturated rings. The van der Waals surface area contributed by atoms with Crippen LogP contribution in [0.4, 0.5) is 0 Å². The van der Waals surface area contributed by atoms with Gasteiger partial charge in [0.25, 0.3) is 0 Å². The molecule has 0 heterocycles. The molecule has 1 rings (SSSR count). The van der Waals surface area contributed by atoms with E-state index in [2.05, 4.69) is 32.9 Å².